The van der Waals surface area contributed by atoms with E-state index in [1.165, 1.54) is 25.9 Å². The van der Waals surface area contributed by atoms with E-state index in [0.29, 0.717) is 11.0 Å². The van der Waals surface area contributed by atoms with Crippen LogP contribution in [0.25, 0.3) is 0 Å². The molecule has 0 unspecified atom stereocenters. The van der Waals surface area contributed by atoms with Crippen molar-refractivity contribution >= 4 is 8.32 Å². The van der Waals surface area contributed by atoms with Crippen LogP contribution in [0.4, 0.5) is 0 Å². The average Bonchev–Trinajstić information content (AvgIpc) is 2.19. The third-order valence-electron chi connectivity index (χ3n) is 5.15. The summed E-state index contributed by atoms with van der Waals surface area (Å²) in [5.41, 5.74) is 0.121. The molecule has 0 aliphatic carbocycles. The molecule has 0 aromatic heterocycles. The Morgan fingerprint density at radius 3 is 1.89 bits per heavy atom. The average molecular weight is 272 g/mol. The Hall–Kier alpha value is 0.137. The summed E-state index contributed by atoms with van der Waals surface area (Å²) < 4.78 is 6.85. The molecular formula is C15H33NOSi. The molecule has 0 atom stereocenters. The van der Waals surface area contributed by atoms with E-state index in [1.807, 2.05) is 0 Å². The molecule has 1 heterocycles. The maximum atomic E-state index is 6.85. The molecule has 0 saturated carbocycles. The Morgan fingerprint density at radius 2 is 1.56 bits per heavy atom. The van der Waals surface area contributed by atoms with Crippen LogP contribution in [0, 0.1) is 5.92 Å². The molecule has 1 aliphatic rings. The first-order valence-electron chi connectivity index (χ1n) is 7.39. The second-order valence-corrected chi connectivity index (χ2v) is 12.6. The molecule has 18 heavy (non-hydrogen) atoms. The minimum absolute atomic E-state index is 0.121. The van der Waals surface area contributed by atoms with Gasteiger partial charge in [-0.2, -0.15) is 0 Å². The van der Waals surface area contributed by atoms with Crippen molar-refractivity contribution in [3.8, 4) is 0 Å². The molecule has 0 radical (unpaired) electrons. The van der Waals surface area contributed by atoms with Crippen LogP contribution in [-0.4, -0.2) is 39.0 Å². The summed E-state index contributed by atoms with van der Waals surface area (Å²) in [6.45, 7) is 18.8. The standard InChI is InChI=1S/C15H33NOSi/c1-13(2)15(9-11-16(6)12-10-15)17-18(7,8)14(3,4)5/h13H,9-12H2,1-8H3. The first-order chi connectivity index (χ1) is 8.00. The van der Waals surface area contributed by atoms with Crippen LogP contribution in [0.2, 0.25) is 18.1 Å². The maximum absolute atomic E-state index is 6.85. The fourth-order valence-electron chi connectivity index (χ4n) is 2.46. The highest BCUT2D eigenvalue weighted by Crippen LogP contribution is 2.44. The smallest absolute Gasteiger partial charge is 0.192 e. The van der Waals surface area contributed by atoms with Gasteiger partial charge in [0.15, 0.2) is 8.32 Å². The van der Waals surface area contributed by atoms with Gasteiger partial charge in [0.2, 0.25) is 0 Å². The van der Waals surface area contributed by atoms with E-state index in [1.54, 1.807) is 0 Å². The zero-order valence-electron chi connectivity index (χ0n) is 13.8. The van der Waals surface area contributed by atoms with Gasteiger partial charge >= 0.3 is 0 Å². The van der Waals surface area contributed by atoms with Crippen LogP contribution in [-0.2, 0) is 4.43 Å². The minimum Gasteiger partial charge on any atom is -0.411 e. The van der Waals surface area contributed by atoms with Gasteiger partial charge in [0, 0.05) is 13.1 Å². The van der Waals surface area contributed by atoms with E-state index < -0.39 is 8.32 Å². The van der Waals surface area contributed by atoms with Gasteiger partial charge in [-0.1, -0.05) is 34.6 Å². The predicted octanol–water partition coefficient (Wildman–Crippen LogP) is 4.13. The van der Waals surface area contributed by atoms with Gasteiger partial charge in [-0.3, -0.25) is 0 Å². The van der Waals surface area contributed by atoms with Crippen molar-refractivity contribution in [3.05, 3.63) is 0 Å². The van der Waals surface area contributed by atoms with E-state index in [0.717, 1.165) is 0 Å². The number of rotatable bonds is 3. The maximum Gasteiger partial charge on any atom is 0.192 e. The summed E-state index contributed by atoms with van der Waals surface area (Å²) in [6.07, 6.45) is 2.38. The minimum atomic E-state index is -1.67. The van der Waals surface area contributed by atoms with Crippen LogP contribution in [0.1, 0.15) is 47.5 Å². The van der Waals surface area contributed by atoms with Crippen molar-refractivity contribution in [1.82, 2.24) is 4.90 Å². The molecule has 3 heteroatoms. The second-order valence-electron chi connectivity index (χ2n) is 7.89. The lowest BCUT2D eigenvalue weighted by atomic mass is 9.82. The fraction of sp³-hybridized carbons (Fsp3) is 1.00. The summed E-state index contributed by atoms with van der Waals surface area (Å²) in [4.78, 5) is 2.43. The van der Waals surface area contributed by atoms with Crippen LogP contribution >= 0.6 is 0 Å². The zero-order valence-corrected chi connectivity index (χ0v) is 14.8. The van der Waals surface area contributed by atoms with Gasteiger partial charge in [0.25, 0.3) is 0 Å². The summed E-state index contributed by atoms with van der Waals surface area (Å²) in [5.74, 6) is 0.611. The Morgan fingerprint density at radius 1 is 1.11 bits per heavy atom. The van der Waals surface area contributed by atoms with E-state index >= 15 is 0 Å². The van der Waals surface area contributed by atoms with Gasteiger partial charge in [0.1, 0.15) is 0 Å². The second kappa shape index (κ2) is 5.26. The lowest BCUT2D eigenvalue weighted by Crippen LogP contribution is -2.56. The SMILES string of the molecule is CC(C)C1(O[Si](C)(C)C(C)(C)C)CCN(C)CC1. The van der Waals surface area contributed by atoms with Crippen LogP contribution < -0.4 is 0 Å². The van der Waals surface area contributed by atoms with Gasteiger partial charge < -0.3 is 9.33 Å². The van der Waals surface area contributed by atoms with Crippen molar-refractivity contribution in [2.75, 3.05) is 20.1 Å². The molecule has 0 spiro atoms. The van der Waals surface area contributed by atoms with Gasteiger partial charge in [0.05, 0.1) is 5.60 Å². The van der Waals surface area contributed by atoms with Crippen molar-refractivity contribution in [2.45, 2.75) is 71.2 Å². The van der Waals surface area contributed by atoms with Crippen LogP contribution in [0.5, 0.6) is 0 Å². The number of likely N-dealkylation sites (tertiary alicyclic amines) is 1. The van der Waals surface area contributed by atoms with Crippen LogP contribution in [0.15, 0.2) is 0 Å². The lowest BCUT2D eigenvalue weighted by Gasteiger charge is -2.51. The van der Waals surface area contributed by atoms with E-state index in [-0.39, 0.29) is 5.60 Å². The number of nitrogens with zero attached hydrogens (tertiary/aromatic N) is 1. The Bertz CT molecular complexity index is 273. The summed E-state index contributed by atoms with van der Waals surface area (Å²) >= 11 is 0. The molecule has 0 N–H and O–H groups in total. The molecule has 1 fully saturated rings. The highest BCUT2D eigenvalue weighted by molar-refractivity contribution is 6.74. The lowest BCUT2D eigenvalue weighted by molar-refractivity contribution is -0.0403. The molecule has 1 aliphatic heterocycles. The van der Waals surface area contributed by atoms with Crippen molar-refractivity contribution < 1.29 is 4.43 Å². The largest absolute Gasteiger partial charge is 0.411 e. The molecule has 0 amide bonds. The fourth-order valence-corrected chi connectivity index (χ4v) is 4.22. The van der Waals surface area contributed by atoms with Gasteiger partial charge in [-0.05, 0) is 43.9 Å². The third-order valence-corrected chi connectivity index (χ3v) is 9.68. The first kappa shape index (κ1) is 16.2. The van der Waals surface area contributed by atoms with E-state index in [9.17, 15) is 0 Å². The summed E-state index contributed by atoms with van der Waals surface area (Å²) in [6, 6.07) is 0. The number of piperidine rings is 1. The third kappa shape index (κ3) is 3.37. The number of hydrogen-bond donors (Lipinski definition) is 0. The van der Waals surface area contributed by atoms with Gasteiger partial charge in [-0.25, -0.2) is 0 Å². The molecule has 0 bridgehead atoms. The highest BCUT2D eigenvalue weighted by Gasteiger charge is 2.47. The highest BCUT2D eigenvalue weighted by atomic mass is 28.4. The Labute approximate surface area is 115 Å². The number of hydrogen-bond acceptors (Lipinski definition) is 2. The molecule has 1 saturated heterocycles. The monoisotopic (exact) mass is 271 g/mol. The molecule has 108 valence electrons. The Balaban J connectivity index is 2.88. The van der Waals surface area contributed by atoms with Gasteiger partial charge in [-0.15, -0.1) is 0 Å². The van der Waals surface area contributed by atoms with Crippen molar-refractivity contribution in [2.24, 2.45) is 5.92 Å². The quantitative estimate of drug-likeness (QED) is 0.716. The van der Waals surface area contributed by atoms with E-state index in [2.05, 4.69) is 59.7 Å². The zero-order chi connectivity index (χ0) is 14.2. The molecule has 0 aromatic rings. The topological polar surface area (TPSA) is 12.5 Å². The molecular weight excluding hydrogens is 238 g/mol. The van der Waals surface area contributed by atoms with Crippen LogP contribution in [0.3, 0.4) is 0 Å². The van der Waals surface area contributed by atoms with Crippen molar-refractivity contribution in [3.63, 3.8) is 0 Å². The predicted molar refractivity (Wildman–Crippen MR) is 82.6 cm³/mol. The molecule has 2 nitrogen and oxygen atoms in total. The van der Waals surface area contributed by atoms with E-state index in [4.69, 9.17) is 4.43 Å². The summed E-state index contributed by atoms with van der Waals surface area (Å²) in [7, 11) is 0.551. The molecule has 1 rings (SSSR count). The Kier molecular flexibility index (Phi) is 4.73. The van der Waals surface area contributed by atoms with Crippen molar-refractivity contribution in [1.29, 1.82) is 0 Å². The molecule has 0 aromatic carbocycles. The normalized spacial score (nSPS) is 22.5. The first-order valence-corrected chi connectivity index (χ1v) is 10.3. The summed E-state index contributed by atoms with van der Waals surface area (Å²) in [5, 5.41) is 0.304.